The van der Waals surface area contributed by atoms with E-state index in [1.807, 2.05) is 60.7 Å². The van der Waals surface area contributed by atoms with Gasteiger partial charge < -0.3 is 10.5 Å². The molecule has 0 radical (unpaired) electrons. The minimum Gasteiger partial charge on any atom is -0.455 e. The summed E-state index contributed by atoms with van der Waals surface area (Å²) in [7, 11) is 1.62. The maximum atomic E-state index is 12.1. The van der Waals surface area contributed by atoms with E-state index in [4.69, 9.17) is 10.5 Å². The molecule has 0 saturated heterocycles. The molecule has 4 rings (SSSR count). The number of carbonyl (C=O) groups is 1. The van der Waals surface area contributed by atoms with Crippen molar-refractivity contribution >= 4 is 28.5 Å². The van der Waals surface area contributed by atoms with Crippen LogP contribution in [0.3, 0.4) is 0 Å². The van der Waals surface area contributed by atoms with Crippen molar-refractivity contribution in [2.24, 2.45) is 10.7 Å². The van der Waals surface area contributed by atoms with Crippen molar-refractivity contribution in [3.05, 3.63) is 77.4 Å². The Morgan fingerprint density at radius 1 is 1.00 bits per heavy atom. The summed E-state index contributed by atoms with van der Waals surface area (Å²) in [4.78, 5) is 16.1. The molecule has 0 saturated carbocycles. The zero-order chi connectivity index (χ0) is 17.4. The standard InChI is InChI=1S/C21H16N2O2/c1-23-12-17(21(22)24)19-15-8-4-5-9-18(15)25-20-14-7-3-2-6-13(14)10-11-16(19)20/h2-12H,1H3,(H2,22,24)/b19-17+,23-12-. The molecule has 25 heavy (non-hydrogen) atoms. The number of fused-ring (bicyclic) bond motifs is 4. The summed E-state index contributed by atoms with van der Waals surface area (Å²) < 4.78 is 6.20. The third-order valence-corrected chi connectivity index (χ3v) is 4.31. The van der Waals surface area contributed by atoms with Crippen molar-refractivity contribution in [2.75, 3.05) is 7.05 Å². The average molecular weight is 328 g/mol. The number of primary amides is 1. The molecule has 0 fully saturated rings. The summed E-state index contributed by atoms with van der Waals surface area (Å²) in [6.07, 6.45) is 1.51. The number of aliphatic imine (C=N–C) groups is 1. The molecule has 0 unspecified atom stereocenters. The zero-order valence-electron chi connectivity index (χ0n) is 13.7. The van der Waals surface area contributed by atoms with Gasteiger partial charge in [-0.1, -0.05) is 48.5 Å². The Hall–Kier alpha value is -3.40. The number of hydrogen-bond acceptors (Lipinski definition) is 3. The van der Waals surface area contributed by atoms with Crippen molar-refractivity contribution in [2.45, 2.75) is 0 Å². The Labute approximate surface area is 145 Å². The summed E-state index contributed by atoms with van der Waals surface area (Å²) in [6, 6.07) is 19.6. The Morgan fingerprint density at radius 2 is 1.76 bits per heavy atom. The van der Waals surface area contributed by atoms with Gasteiger partial charge in [0.15, 0.2) is 0 Å². The van der Waals surface area contributed by atoms with Crippen LogP contribution in [0.4, 0.5) is 0 Å². The molecule has 1 aliphatic heterocycles. The van der Waals surface area contributed by atoms with Crippen LogP contribution < -0.4 is 10.5 Å². The van der Waals surface area contributed by atoms with E-state index in [2.05, 4.69) is 4.99 Å². The smallest absolute Gasteiger partial charge is 0.250 e. The second kappa shape index (κ2) is 5.91. The van der Waals surface area contributed by atoms with E-state index in [-0.39, 0.29) is 0 Å². The molecule has 3 aromatic carbocycles. The minimum atomic E-state index is -0.517. The van der Waals surface area contributed by atoms with E-state index in [0.29, 0.717) is 11.3 Å². The van der Waals surface area contributed by atoms with Crippen molar-refractivity contribution < 1.29 is 9.53 Å². The molecule has 4 nitrogen and oxygen atoms in total. The number of hydrogen-bond donors (Lipinski definition) is 1. The summed E-state index contributed by atoms with van der Waals surface area (Å²) in [5.41, 5.74) is 8.44. The Bertz CT molecular complexity index is 1060. The third-order valence-electron chi connectivity index (χ3n) is 4.31. The lowest BCUT2D eigenvalue weighted by Gasteiger charge is -2.25. The van der Waals surface area contributed by atoms with Crippen LogP contribution in [0.15, 0.2) is 71.2 Å². The number of carbonyl (C=O) groups excluding carboxylic acids is 1. The van der Waals surface area contributed by atoms with Gasteiger partial charge in [-0.2, -0.15) is 0 Å². The van der Waals surface area contributed by atoms with Gasteiger partial charge in [-0.05, 0) is 17.5 Å². The Kier molecular flexibility index (Phi) is 3.58. The third kappa shape index (κ3) is 2.39. The number of amides is 1. The molecule has 0 atom stereocenters. The fourth-order valence-electron chi connectivity index (χ4n) is 3.24. The van der Waals surface area contributed by atoms with Crippen LogP contribution in [-0.2, 0) is 4.79 Å². The highest BCUT2D eigenvalue weighted by Crippen LogP contribution is 2.47. The predicted molar refractivity (Wildman–Crippen MR) is 100 cm³/mol. The lowest BCUT2D eigenvalue weighted by molar-refractivity contribution is -0.114. The first kappa shape index (κ1) is 15.1. The molecule has 4 heteroatoms. The highest BCUT2D eigenvalue weighted by atomic mass is 16.5. The number of nitrogens with zero attached hydrogens (tertiary/aromatic N) is 1. The van der Waals surface area contributed by atoms with Crippen LogP contribution in [0.2, 0.25) is 0 Å². The first-order valence-corrected chi connectivity index (χ1v) is 7.96. The van der Waals surface area contributed by atoms with Crippen LogP contribution in [-0.4, -0.2) is 19.2 Å². The largest absolute Gasteiger partial charge is 0.455 e. The topological polar surface area (TPSA) is 64.7 Å². The van der Waals surface area contributed by atoms with Crippen LogP contribution in [0, 0.1) is 0 Å². The van der Waals surface area contributed by atoms with E-state index >= 15 is 0 Å². The van der Waals surface area contributed by atoms with E-state index in [9.17, 15) is 4.79 Å². The van der Waals surface area contributed by atoms with Gasteiger partial charge in [-0.15, -0.1) is 0 Å². The first-order valence-electron chi connectivity index (χ1n) is 7.96. The average Bonchev–Trinajstić information content (AvgIpc) is 2.64. The highest BCUT2D eigenvalue weighted by molar-refractivity contribution is 6.21. The Morgan fingerprint density at radius 3 is 2.56 bits per heavy atom. The normalized spacial score (nSPS) is 14.8. The molecule has 0 aromatic heterocycles. The molecule has 0 aliphatic carbocycles. The molecule has 1 heterocycles. The fraction of sp³-hybridized carbons (Fsp3) is 0.0476. The first-order chi connectivity index (χ1) is 12.2. The van der Waals surface area contributed by atoms with Gasteiger partial charge in [0, 0.05) is 35.3 Å². The quantitative estimate of drug-likeness (QED) is 0.447. The maximum Gasteiger partial charge on any atom is 0.250 e. The second-order valence-electron chi connectivity index (χ2n) is 5.80. The molecule has 3 aromatic rings. The van der Waals surface area contributed by atoms with Gasteiger partial charge in [0.25, 0.3) is 5.91 Å². The number of ether oxygens (including phenoxy) is 1. The van der Waals surface area contributed by atoms with Crippen molar-refractivity contribution in [3.8, 4) is 11.5 Å². The molecule has 0 bridgehead atoms. The van der Waals surface area contributed by atoms with Gasteiger partial charge in [0.1, 0.15) is 11.5 Å². The molecule has 0 spiro atoms. The summed E-state index contributed by atoms with van der Waals surface area (Å²) in [5.74, 6) is 0.913. The molecule has 1 amide bonds. The van der Waals surface area contributed by atoms with E-state index in [1.165, 1.54) is 6.21 Å². The van der Waals surface area contributed by atoms with Crippen molar-refractivity contribution in [1.82, 2.24) is 0 Å². The molecular formula is C21H16N2O2. The van der Waals surface area contributed by atoms with E-state index in [0.717, 1.165) is 33.2 Å². The summed E-state index contributed by atoms with van der Waals surface area (Å²) in [5, 5.41) is 2.06. The van der Waals surface area contributed by atoms with E-state index in [1.54, 1.807) is 7.05 Å². The second-order valence-corrected chi connectivity index (χ2v) is 5.80. The van der Waals surface area contributed by atoms with Gasteiger partial charge >= 0.3 is 0 Å². The summed E-state index contributed by atoms with van der Waals surface area (Å²) >= 11 is 0. The van der Waals surface area contributed by atoms with Crippen LogP contribution in [0.5, 0.6) is 11.5 Å². The predicted octanol–water partition coefficient (Wildman–Crippen LogP) is 3.93. The van der Waals surface area contributed by atoms with Gasteiger partial charge in [0.05, 0.1) is 5.57 Å². The number of para-hydroxylation sites is 1. The summed E-state index contributed by atoms with van der Waals surface area (Å²) in [6.45, 7) is 0. The lowest BCUT2D eigenvalue weighted by atomic mass is 9.88. The number of nitrogens with two attached hydrogens (primary N) is 1. The van der Waals surface area contributed by atoms with Crippen LogP contribution in [0.25, 0.3) is 16.3 Å². The lowest BCUT2D eigenvalue weighted by Crippen LogP contribution is -2.18. The number of benzene rings is 3. The highest BCUT2D eigenvalue weighted by Gasteiger charge is 2.27. The van der Waals surface area contributed by atoms with Crippen LogP contribution in [0.1, 0.15) is 11.1 Å². The van der Waals surface area contributed by atoms with Gasteiger partial charge in [-0.25, -0.2) is 0 Å². The monoisotopic (exact) mass is 328 g/mol. The van der Waals surface area contributed by atoms with Crippen LogP contribution >= 0.6 is 0 Å². The fourth-order valence-corrected chi connectivity index (χ4v) is 3.24. The number of rotatable bonds is 2. The SMILES string of the molecule is C/N=C\C(C(N)=O)=C1\c2ccccc2Oc2c1ccc1ccccc21. The minimum absolute atomic E-state index is 0.370. The van der Waals surface area contributed by atoms with Gasteiger partial charge in [0.2, 0.25) is 0 Å². The Balaban J connectivity index is 2.14. The molecular weight excluding hydrogens is 312 g/mol. The molecule has 2 N–H and O–H groups in total. The molecule has 122 valence electrons. The van der Waals surface area contributed by atoms with Gasteiger partial charge in [-0.3, -0.25) is 9.79 Å². The van der Waals surface area contributed by atoms with Crippen molar-refractivity contribution in [3.63, 3.8) is 0 Å². The molecule has 1 aliphatic rings. The zero-order valence-corrected chi connectivity index (χ0v) is 13.7. The van der Waals surface area contributed by atoms with Crippen molar-refractivity contribution in [1.29, 1.82) is 0 Å². The maximum absolute atomic E-state index is 12.1. The van der Waals surface area contributed by atoms with E-state index < -0.39 is 5.91 Å².